The first-order valence-corrected chi connectivity index (χ1v) is 8.68. The summed E-state index contributed by atoms with van der Waals surface area (Å²) < 4.78 is 13.1. The molecule has 0 saturated carbocycles. The van der Waals surface area contributed by atoms with Crippen LogP contribution in [-0.2, 0) is 4.79 Å². The summed E-state index contributed by atoms with van der Waals surface area (Å²) in [6.45, 7) is 1.98. The molecule has 0 bridgehead atoms. The van der Waals surface area contributed by atoms with E-state index in [0.29, 0.717) is 13.1 Å². The third-order valence-electron chi connectivity index (χ3n) is 4.55. The van der Waals surface area contributed by atoms with Crippen LogP contribution in [0.2, 0.25) is 0 Å². The zero-order valence-corrected chi connectivity index (χ0v) is 14.8. The second kappa shape index (κ2) is 7.74. The average Bonchev–Trinajstić information content (AvgIpc) is 2.62. The monoisotopic (exact) mass is 341 g/mol. The van der Waals surface area contributed by atoms with Crippen molar-refractivity contribution < 1.29 is 9.18 Å². The summed E-state index contributed by atoms with van der Waals surface area (Å²) in [5.41, 5.74) is 2.75. The van der Waals surface area contributed by atoms with E-state index in [1.807, 2.05) is 42.1 Å². The van der Waals surface area contributed by atoms with Gasteiger partial charge in [0.15, 0.2) is 0 Å². The van der Waals surface area contributed by atoms with Crippen LogP contribution in [0.5, 0.6) is 0 Å². The van der Waals surface area contributed by atoms with Crippen molar-refractivity contribution in [2.75, 3.05) is 33.7 Å². The standard InChI is InChI=1S/C20H24FN3O/c1-23(2)14-20(25)24-12-4-5-16(13-24)19-7-3-6-18(22-19)15-8-10-17(21)11-9-15/h3,6-11,16H,4-5,12-14H2,1-2H3. The van der Waals surface area contributed by atoms with E-state index in [-0.39, 0.29) is 17.6 Å². The van der Waals surface area contributed by atoms with E-state index in [2.05, 4.69) is 0 Å². The van der Waals surface area contributed by atoms with Crippen molar-refractivity contribution in [3.63, 3.8) is 0 Å². The Hall–Kier alpha value is -2.27. The van der Waals surface area contributed by atoms with Crippen molar-refractivity contribution in [3.05, 3.63) is 54.0 Å². The van der Waals surface area contributed by atoms with Crippen LogP contribution in [0.3, 0.4) is 0 Å². The van der Waals surface area contributed by atoms with Gasteiger partial charge >= 0.3 is 0 Å². The fraction of sp³-hybridized carbons (Fsp3) is 0.400. The lowest BCUT2D eigenvalue weighted by Crippen LogP contribution is -2.43. The van der Waals surface area contributed by atoms with Gasteiger partial charge in [-0.05, 0) is 63.3 Å². The Kier molecular flexibility index (Phi) is 5.43. The van der Waals surface area contributed by atoms with E-state index in [1.54, 1.807) is 12.1 Å². The third kappa shape index (κ3) is 4.42. The SMILES string of the molecule is CN(C)CC(=O)N1CCCC(c2cccc(-c3ccc(F)cc3)n2)C1. The molecule has 132 valence electrons. The molecule has 1 aliphatic heterocycles. The second-order valence-electron chi connectivity index (χ2n) is 6.87. The number of halogens is 1. The molecule has 1 atom stereocenters. The summed E-state index contributed by atoms with van der Waals surface area (Å²) >= 11 is 0. The van der Waals surface area contributed by atoms with Crippen molar-refractivity contribution in [2.24, 2.45) is 0 Å². The molecule has 4 nitrogen and oxygen atoms in total. The van der Waals surface area contributed by atoms with Crippen LogP contribution in [0.1, 0.15) is 24.5 Å². The topological polar surface area (TPSA) is 36.4 Å². The first kappa shape index (κ1) is 17.5. The van der Waals surface area contributed by atoms with Crippen LogP contribution in [0.15, 0.2) is 42.5 Å². The number of piperidine rings is 1. The van der Waals surface area contributed by atoms with Gasteiger partial charge in [0, 0.05) is 30.3 Å². The van der Waals surface area contributed by atoms with Gasteiger partial charge in [0.2, 0.25) is 5.91 Å². The number of hydrogen-bond acceptors (Lipinski definition) is 3. The van der Waals surface area contributed by atoms with E-state index in [4.69, 9.17) is 4.98 Å². The van der Waals surface area contributed by atoms with E-state index < -0.39 is 0 Å². The van der Waals surface area contributed by atoms with Crippen LogP contribution in [0, 0.1) is 5.82 Å². The number of hydrogen-bond donors (Lipinski definition) is 0. The highest BCUT2D eigenvalue weighted by molar-refractivity contribution is 5.78. The van der Waals surface area contributed by atoms with E-state index in [1.165, 1.54) is 12.1 Å². The van der Waals surface area contributed by atoms with Crippen LogP contribution in [0.4, 0.5) is 4.39 Å². The average molecular weight is 341 g/mol. The third-order valence-corrected chi connectivity index (χ3v) is 4.55. The molecule has 1 aromatic heterocycles. The van der Waals surface area contributed by atoms with Gasteiger partial charge in [0.25, 0.3) is 0 Å². The lowest BCUT2D eigenvalue weighted by molar-refractivity contribution is -0.133. The van der Waals surface area contributed by atoms with Gasteiger partial charge in [-0.2, -0.15) is 0 Å². The van der Waals surface area contributed by atoms with Gasteiger partial charge in [-0.3, -0.25) is 9.78 Å². The number of nitrogens with zero attached hydrogens (tertiary/aromatic N) is 3. The van der Waals surface area contributed by atoms with Crippen molar-refractivity contribution in [1.29, 1.82) is 0 Å². The summed E-state index contributed by atoms with van der Waals surface area (Å²) in [6.07, 6.45) is 2.03. The molecule has 0 N–H and O–H groups in total. The van der Waals surface area contributed by atoms with Gasteiger partial charge in [-0.25, -0.2) is 4.39 Å². The Labute approximate surface area is 148 Å². The Morgan fingerprint density at radius 3 is 2.72 bits per heavy atom. The zero-order chi connectivity index (χ0) is 17.8. The molecule has 3 rings (SSSR count). The summed E-state index contributed by atoms with van der Waals surface area (Å²) in [4.78, 5) is 21.0. The minimum atomic E-state index is -0.248. The molecule has 1 aliphatic rings. The predicted molar refractivity (Wildman–Crippen MR) is 96.7 cm³/mol. The van der Waals surface area contributed by atoms with Crippen molar-refractivity contribution in [1.82, 2.24) is 14.8 Å². The Balaban J connectivity index is 1.76. The molecule has 2 aromatic rings. The summed E-state index contributed by atoms with van der Waals surface area (Å²) in [7, 11) is 3.82. The predicted octanol–water partition coefficient (Wildman–Crippen LogP) is 3.16. The molecule has 1 fully saturated rings. The normalized spacial score (nSPS) is 17.8. The van der Waals surface area contributed by atoms with E-state index in [9.17, 15) is 9.18 Å². The van der Waals surface area contributed by atoms with Crippen LogP contribution in [-0.4, -0.2) is 54.4 Å². The molecule has 5 heteroatoms. The molecule has 0 aliphatic carbocycles. The number of likely N-dealkylation sites (tertiary alicyclic amines) is 1. The molecule has 25 heavy (non-hydrogen) atoms. The van der Waals surface area contributed by atoms with Gasteiger partial charge < -0.3 is 9.80 Å². The highest BCUT2D eigenvalue weighted by atomic mass is 19.1. The second-order valence-corrected chi connectivity index (χ2v) is 6.87. The van der Waals surface area contributed by atoms with Crippen LogP contribution >= 0.6 is 0 Å². The van der Waals surface area contributed by atoms with Gasteiger partial charge in [0.05, 0.1) is 12.2 Å². The Morgan fingerprint density at radius 1 is 1.24 bits per heavy atom. The van der Waals surface area contributed by atoms with Crippen molar-refractivity contribution in [2.45, 2.75) is 18.8 Å². The number of pyridine rings is 1. The van der Waals surface area contributed by atoms with Gasteiger partial charge in [0.1, 0.15) is 5.82 Å². The maximum Gasteiger partial charge on any atom is 0.236 e. The maximum atomic E-state index is 13.1. The number of aromatic nitrogens is 1. The van der Waals surface area contributed by atoms with Gasteiger partial charge in [-0.15, -0.1) is 0 Å². The minimum absolute atomic E-state index is 0.171. The van der Waals surface area contributed by atoms with Crippen LogP contribution < -0.4 is 0 Å². The lowest BCUT2D eigenvalue weighted by atomic mass is 9.93. The van der Waals surface area contributed by atoms with Crippen molar-refractivity contribution >= 4 is 5.91 Å². The molecule has 1 saturated heterocycles. The zero-order valence-electron chi connectivity index (χ0n) is 14.8. The number of benzene rings is 1. The molecule has 0 radical (unpaired) electrons. The van der Waals surface area contributed by atoms with Crippen LogP contribution in [0.25, 0.3) is 11.3 Å². The summed E-state index contributed by atoms with van der Waals surface area (Å²) in [5.74, 6) is 0.173. The van der Waals surface area contributed by atoms with Crippen molar-refractivity contribution in [3.8, 4) is 11.3 Å². The number of carbonyl (C=O) groups excluding carboxylic acids is 1. The quantitative estimate of drug-likeness (QED) is 0.857. The highest BCUT2D eigenvalue weighted by Crippen LogP contribution is 2.27. The smallest absolute Gasteiger partial charge is 0.236 e. The molecule has 0 spiro atoms. The molecule has 1 amide bonds. The van der Waals surface area contributed by atoms with E-state index >= 15 is 0 Å². The molecule has 1 aromatic carbocycles. The first-order valence-electron chi connectivity index (χ1n) is 8.68. The highest BCUT2D eigenvalue weighted by Gasteiger charge is 2.25. The molecular formula is C20H24FN3O. The molecular weight excluding hydrogens is 317 g/mol. The lowest BCUT2D eigenvalue weighted by Gasteiger charge is -2.33. The fourth-order valence-corrected chi connectivity index (χ4v) is 3.28. The largest absolute Gasteiger partial charge is 0.341 e. The fourth-order valence-electron chi connectivity index (χ4n) is 3.28. The number of amides is 1. The Morgan fingerprint density at radius 2 is 2.00 bits per heavy atom. The molecule has 2 heterocycles. The Bertz CT molecular complexity index is 730. The first-order chi connectivity index (χ1) is 12.0. The maximum absolute atomic E-state index is 13.1. The number of rotatable bonds is 4. The summed E-state index contributed by atoms with van der Waals surface area (Å²) in [5, 5.41) is 0. The number of likely N-dealkylation sites (N-methyl/N-ethyl adjacent to an activating group) is 1. The minimum Gasteiger partial charge on any atom is -0.341 e. The number of carbonyl (C=O) groups is 1. The summed E-state index contributed by atoms with van der Waals surface area (Å²) in [6, 6.07) is 12.3. The van der Waals surface area contributed by atoms with E-state index in [0.717, 1.165) is 36.3 Å². The molecule has 1 unspecified atom stereocenters. The van der Waals surface area contributed by atoms with Gasteiger partial charge in [-0.1, -0.05) is 6.07 Å².